The van der Waals surface area contributed by atoms with Crippen LogP contribution in [0, 0.1) is 0 Å². The molecular formula is C8H14F3N. The van der Waals surface area contributed by atoms with Crippen LogP contribution in [0.2, 0.25) is 0 Å². The number of halogens is 3. The van der Waals surface area contributed by atoms with E-state index in [0.29, 0.717) is 0 Å². The zero-order valence-electron chi connectivity index (χ0n) is 7.55. The van der Waals surface area contributed by atoms with Crippen molar-refractivity contribution < 1.29 is 13.2 Å². The summed E-state index contributed by atoms with van der Waals surface area (Å²) in [5.41, 5.74) is -2.04. The average Bonchev–Trinajstić information content (AvgIpc) is 2.39. The van der Waals surface area contributed by atoms with Crippen LogP contribution in [0.5, 0.6) is 0 Å². The molecule has 1 nitrogen and oxygen atoms in total. The highest BCUT2D eigenvalue weighted by atomic mass is 19.4. The van der Waals surface area contributed by atoms with Crippen LogP contribution in [0.3, 0.4) is 0 Å². The molecule has 72 valence electrons. The van der Waals surface area contributed by atoms with E-state index in [9.17, 15) is 13.2 Å². The first kappa shape index (κ1) is 9.84. The Morgan fingerprint density at radius 3 is 1.58 bits per heavy atom. The lowest BCUT2D eigenvalue weighted by Gasteiger charge is -2.30. The highest BCUT2D eigenvalue weighted by Crippen LogP contribution is 2.49. The fourth-order valence-electron chi connectivity index (χ4n) is 1.32. The molecule has 1 fully saturated rings. The van der Waals surface area contributed by atoms with Crippen LogP contribution in [0.25, 0.3) is 0 Å². The molecule has 0 amide bonds. The fraction of sp³-hybridized carbons (Fsp3) is 1.00. The van der Waals surface area contributed by atoms with E-state index >= 15 is 0 Å². The standard InChI is InChI=1S/C8H14F3N/c1-6(2,3)12-7(4-5-7)8(9,10)11/h12H,4-5H2,1-3H3. The van der Waals surface area contributed by atoms with Crippen LogP contribution in [-0.4, -0.2) is 17.3 Å². The topological polar surface area (TPSA) is 12.0 Å². The first-order valence-electron chi connectivity index (χ1n) is 4.02. The predicted molar refractivity (Wildman–Crippen MR) is 40.9 cm³/mol. The predicted octanol–water partition coefficient (Wildman–Crippen LogP) is 2.47. The molecule has 0 aromatic carbocycles. The molecule has 0 atom stereocenters. The van der Waals surface area contributed by atoms with Gasteiger partial charge in [0.15, 0.2) is 0 Å². The molecule has 4 heteroatoms. The molecule has 12 heavy (non-hydrogen) atoms. The molecule has 0 aromatic heterocycles. The van der Waals surface area contributed by atoms with Crippen LogP contribution in [-0.2, 0) is 0 Å². The Labute approximate surface area is 70.3 Å². The van der Waals surface area contributed by atoms with Gasteiger partial charge in [0.1, 0.15) is 5.54 Å². The van der Waals surface area contributed by atoms with Crippen LogP contribution in [0.4, 0.5) is 13.2 Å². The van der Waals surface area contributed by atoms with E-state index in [-0.39, 0.29) is 12.8 Å². The lowest BCUT2D eigenvalue weighted by Crippen LogP contribution is -2.53. The number of alkyl halides is 3. The molecule has 0 aromatic rings. The second kappa shape index (κ2) is 2.37. The van der Waals surface area contributed by atoms with Crippen molar-refractivity contribution in [2.24, 2.45) is 0 Å². The molecule has 0 unspecified atom stereocenters. The highest BCUT2D eigenvalue weighted by Gasteiger charge is 2.64. The van der Waals surface area contributed by atoms with Crippen molar-refractivity contribution >= 4 is 0 Å². The Kier molecular flexibility index (Phi) is 1.95. The van der Waals surface area contributed by atoms with Gasteiger partial charge in [-0.3, -0.25) is 5.32 Å². The van der Waals surface area contributed by atoms with Gasteiger partial charge in [-0.15, -0.1) is 0 Å². The zero-order valence-corrected chi connectivity index (χ0v) is 7.55. The number of rotatable bonds is 1. The van der Waals surface area contributed by atoms with Crippen molar-refractivity contribution in [3.63, 3.8) is 0 Å². The summed E-state index contributed by atoms with van der Waals surface area (Å²) in [5.74, 6) is 0. The lowest BCUT2D eigenvalue weighted by molar-refractivity contribution is -0.170. The van der Waals surface area contributed by atoms with Crippen LogP contribution < -0.4 is 5.32 Å². The van der Waals surface area contributed by atoms with Crippen molar-refractivity contribution in [2.45, 2.75) is 50.9 Å². The van der Waals surface area contributed by atoms with Gasteiger partial charge in [0.2, 0.25) is 0 Å². The van der Waals surface area contributed by atoms with Crippen molar-refractivity contribution in [2.75, 3.05) is 0 Å². The van der Waals surface area contributed by atoms with Gasteiger partial charge in [-0.25, -0.2) is 0 Å². The van der Waals surface area contributed by atoms with Crippen LogP contribution >= 0.6 is 0 Å². The van der Waals surface area contributed by atoms with E-state index in [0.717, 1.165) is 0 Å². The largest absolute Gasteiger partial charge is 0.406 e. The molecule has 0 heterocycles. The normalized spacial score (nSPS) is 22.5. The van der Waals surface area contributed by atoms with Gasteiger partial charge in [-0.2, -0.15) is 13.2 Å². The van der Waals surface area contributed by atoms with Gasteiger partial charge in [0.05, 0.1) is 0 Å². The van der Waals surface area contributed by atoms with E-state index in [1.807, 2.05) is 0 Å². The van der Waals surface area contributed by atoms with E-state index in [2.05, 4.69) is 5.32 Å². The maximum Gasteiger partial charge on any atom is 0.406 e. The van der Waals surface area contributed by atoms with E-state index < -0.39 is 17.3 Å². The highest BCUT2D eigenvalue weighted by molar-refractivity contribution is 5.10. The van der Waals surface area contributed by atoms with Crippen LogP contribution in [0.15, 0.2) is 0 Å². The molecule has 0 aliphatic heterocycles. The lowest BCUT2D eigenvalue weighted by atomic mass is 10.1. The SMILES string of the molecule is CC(C)(C)NC1(C(F)(F)F)CC1. The second-order valence-corrected chi connectivity index (χ2v) is 4.45. The molecular weight excluding hydrogens is 167 g/mol. The monoisotopic (exact) mass is 181 g/mol. The summed E-state index contributed by atoms with van der Waals surface area (Å²) in [4.78, 5) is 0. The molecule has 0 saturated heterocycles. The minimum Gasteiger partial charge on any atom is -0.299 e. The minimum absolute atomic E-state index is 0.216. The number of hydrogen-bond acceptors (Lipinski definition) is 1. The van der Waals surface area contributed by atoms with Gasteiger partial charge in [-0.05, 0) is 33.6 Å². The molecule has 0 spiro atoms. The number of hydrogen-bond donors (Lipinski definition) is 1. The molecule has 1 aliphatic rings. The Morgan fingerprint density at radius 1 is 1.08 bits per heavy atom. The van der Waals surface area contributed by atoms with E-state index in [1.165, 1.54) is 0 Å². The van der Waals surface area contributed by atoms with Crippen molar-refractivity contribution in [3.8, 4) is 0 Å². The van der Waals surface area contributed by atoms with Gasteiger partial charge in [-0.1, -0.05) is 0 Å². The summed E-state index contributed by atoms with van der Waals surface area (Å²) in [6, 6.07) is 0. The first-order chi connectivity index (χ1) is 5.16. The third-order valence-corrected chi connectivity index (χ3v) is 1.91. The Balaban J connectivity index is 2.63. The van der Waals surface area contributed by atoms with Crippen molar-refractivity contribution in [1.29, 1.82) is 0 Å². The second-order valence-electron chi connectivity index (χ2n) is 4.45. The summed E-state index contributed by atoms with van der Waals surface area (Å²) in [5, 5.41) is 2.62. The Morgan fingerprint density at radius 2 is 1.50 bits per heavy atom. The molecule has 1 N–H and O–H groups in total. The Bertz CT molecular complexity index is 174. The smallest absolute Gasteiger partial charge is 0.299 e. The zero-order chi connectivity index (χ0) is 9.62. The van der Waals surface area contributed by atoms with Gasteiger partial charge in [0.25, 0.3) is 0 Å². The van der Waals surface area contributed by atoms with Gasteiger partial charge < -0.3 is 0 Å². The minimum atomic E-state index is -4.10. The molecule has 1 saturated carbocycles. The summed E-state index contributed by atoms with van der Waals surface area (Å²) < 4.78 is 37.1. The fourth-order valence-corrected chi connectivity index (χ4v) is 1.32. The quantitative estimate of drug-likeness (QED) is 0.655. The summed E-state index contributed by atoms with van der Waals surface area (Å²) in [6.45, 7) is 5.25. The van der Waals surface area contributed by atoms with Gasteiger partial charge in [0, 0.05) is 5.54 Å². The van der Waals surface area contributed by atoms with Crippen molar-refractivity contribution in [1.82, 2.24) is 5.32 Å². The molecule has 0 radical (unpaired) electrons. The summed E-state index contributed by atoms with van der Waals surface area (Å²) >= 11 is 0. The number of nitrogens with one attached hydrogen (secondary N) is 1. The molecule has 0 bridgehead atoms. The Hall–Kier alpha value is -0.250. The maximum absolute atomic E-state index is 12.4. The molecule has 1 aliphatic carbocycles. The third kappa shape index (κ3) is 1.91. The van der Waals surface area contributed by atoms with Crippen LogP contribution in [0.1, 0.15) is 33.6 Å². The average molecular weight is 181 g/mol. The van der Waals surface area contributed by atoms with E-state index in [1.54, 1.807) is 20.8 Å². The molecule has 1 rings (SSSR count). The first-order valence-corrected chi connectivity index (χ1v) is 4.02. The third-order valence-electron chi connectivity index (χ3n) is 1.91. The summed E-state index contributed by atoms with van der Waals surface area (Å²) in [7, 11) is 0. The summed E-state index contributed by atoms with van der Waals surface area (Å²) in [6.07, 6.45) is -3.66. The van der Waals surface area contributed by atoms with Gasteiger partial charge >= 0.3 is 6.18 Å². The van der Waals surface area contributed by atoms with Crippen molar-refractivity contribution in [3.05, 3.63) is 0 Å². The maximum atomic E-state index is 12.4. The van der Waals surface area contributed by atoms with E-state index in [4.69, 9.17) is 0 Å².